The Morgan fingerprint density at radius 2 is 2.11 bits per heavy atom. The quantitative estimate of drug-likeness (QED) is 0.313. The van der Waals surface area contributed by atoms with Crippen molar-refractivity contribution in [3.63, 3.8) is 0 Å². The third kappa shape index (κ3) is 4.63. The fraction of sp³-hybridized carbons (Fsp3) is 0.370. The number of rotatable bonds is 8. The second-order valence-corrected chi connectivity index (χ2v) is 10.0. The van der Waals surface area contributed by atoms with E-state index in [1.165, 1.54) is 6.20 Å². The first-order chi connectivity index (χ1) is 18.2. The third-order valence-electron chi connectivity index (χ3n) is 7.19. The standard InChI is InChI=1S/C27H29ClFN5O4/c1-3-32-14-19(27(37)38)26(36)18-10-20(29)25(23(28)24(18)32)33-9-8-16(12-33)30-11-17(35)13-34-15(2)31-21-6-4-5-7-22(21)34/h4-7,10,14,16-17,30,35H,3,8-9,11-13H2,1-2H3,(H,37,38). The van der Waals surface area contributed by atoms with Gasteiger partial charge < -0.3 is 29.6 Å². The normalized spacial score (nSPS) is 16.6. The summed E-state index contributed by atoms with van der Waals surface area (Å²) < 4.78 is 18.9. The maximum atomic E-state index is 15.3. The highest BCUT2D eigenvalue weighted by Gasteiger charge is 2.29. The van der Waals surface area contributed by atoms with Gasteiger partial charge in [0.15, 0.2) is 0 Å². The van der Waals surface area contributed by atoms with Gasteiger partial charge in [-0.05, 0) is 38.5 Å². The summed E-state index contributed by atoms with van der Waals surface area (Å²) in [6.45, 7) is 5.81. The number of carboxylic acid groups (broad SMARTS) is 1. The lowest BCUT2D eigenvalue weighted by Crippen LogP contribution is -2.39. The Kier molecular flexibility index (Phi) is 7.13. The van der Waals surface area contributed by atoms with Crippen molar-refractivity contribution >= 4 is 45.2 Å². The Morgan fingerprint density at radius 3 is 2.84 bits per heavy atom. The lowest BCUT2D eigenvalue weighted by Gasteiger charge is -2.23. The maximum Gasteiger partial charge on any atom is 0.341 e. The van der Waals surface area contributed by atoms with Crippen molar-refractivity contribution < 1.29 is 19.4 Å². The molecule has 2 aromatic heterocycles. The molecule has 4 aromatic rings. The highest BCUT2D eigenvalue weighted by Crippen LogP contribution is 2.37. The van der Waals surface area contributed by atoms with Crippen LogP contribution in [0.2, 0.25) is 5.02 Å². The van der Waals surface area contributed by atoms with Gasteiger partial charge in [-0.3, -0.25) is 4.79 Å². The molecule has 0 bridgehead atoms. The van der Waals surface area contributed by atoms with Crippen LogP contribution in [0.3, 0.4) is 0 Å². The van der Waals surface area contributed by atoms with Crippen molar-refractivity contribution in [2.45, 2.75) is 45.5 Å². The minimum Gasteiger partial charge on any atom is -0.477 e. The molecule has 0 spiro atoms. The van der Waals surface area contributed by atoms with Gasteiger partial charge >= 0.3 is 5.97 Å². The molecule has 2 unspecified atom stereocenters. The van der Waals surface area contributed by atoms with E-state index in [2.05, 4.69) is 10.3 Å². The molecule has 11 heteroatoms. The van der Waals surface area contributed by atoms with Crippen molar-refractivity contribution in [2.24, 2.45) is 0 Å². The van der Waals surface area contributed by atoms with Gasteiger partial charge in [0.25, 0.3) is 0 Å². The predicted molar refractivity (Wildman–Crippen MR) is 145 cm³/mol. The van der Waals surface area contributed by atoms with Crippen molar-refractivity contribution in [3.05, 3.63) is 69.0 Å². The first kappa shape index (κ1) is 26.1. The molecule has 1 saturated heterocycles. The number of halogens is 2. The topological polar surface area (TPSA) is 113 Å². The van der Waals surface area contributed by atoms with E-state index in [0.717, 1.165) is 22.9 Å². The lowest BCUT2D eigenvalue weighted by atomic mass is 10.1. The van der Waals surface area contributed by atoms with Gasteiger partial charge in [0.1, 0.15) is 17.2 Å². The van der Waals surface area contributed by atoms with E-state index < -0.39 is 28.9 Å². The molecular weight excluding hydrogens is 513 g/mol. The number of aliphatic hydroxyl groups excluding tert-OH is 1. The number of para-hydroxylation sites is 2. The molecule has 2 atom stereocenters. The van der Waals surface area contributed by atoms with E-state index >= 15 is 4.39 Å². The van der Waals surface area contributed by atoms with Crippen LogP contribution in [0.1, 0.15) is 29.5 Å². The number of pyridine rings is 1. The molecule has 1 fully saturated rings. The zero-order valence-corrected chi connectivity index (χ0v) is 21.9. The Hall–Kier alpha value is -3.47. The van der Waals surface area contributed by atoms with Gasteiger partial charge in [0.05, 0.1) is 45.3 Å². The number of benzene rings is 2. The van der Waals surface area contributed by atoms with E-state index in [9.17, 15) is 19.8 Å². The molecule has 0 aliphatic carbocycles. The fourth-order valence-corrected chi connectivity index (χ4v) is 5.72. The molecule has 1 aliphatic rings. The van der Waals surface area contributed by atoms with E-state index in [4.69, 9.17) is 11.6 Å². The van der Waals surface area contributed by atoms with Gasteiger partial charge in [0.2, 0.25) is 5.43 Å². The number of fused-ring (bicyclic) bond motifs is 2. The Bertz CT molecular complexity index is 1600. The van der Waals surface area contributed by atoms with Crippen LogP contribution in [0.15, 0.2) is 41.3 Å². The molecule has 200 valence electrons. The molecule has 0 amide bonds. The first-order valence-electron chi connectivity index (χ1n) is 12.6. The SMILES string of the molecule is CCn1cc(C(=O)O)c(=O)c2cc(F)c(N3CCC(NCC(O)Cn4c(C)nc5ccccc54)C3)c(Cl)c21. The Labute approximate surface area is 223 Å². The van der Waals surface area contributed by atoms with Crippen molar-refractivity contribution in [3.8, 4) is 0 Å². The lowest BCUT2D eigenvalue weighted by molar-refractivity contribution is 0.0694. The van der Waals surface area contributed by atoms with Crippen LogP contribution in [-0.4, -0.2) is 62.1 Å². The van der Waals surface area contributed by atoms with Gasteiger partial charge in [-0.15, -0.1) is 0 Å². The van der Waals surface area contributed by atoms with E-state index in [-0.39, 0.29) is 22.1 Å². The summed E-state index contributed by atoms with van der Waals surface area (Å²) in [6, 6.07) is 8.88. The monoisotopic (exact) mass is 541 g/mol. The number of imidazole rings is 1. The number of hydrogen-bond acceptors (Lipinski definition) is 6. The maximum absolute atomic E-state index is 15.3. The molecule has 9 nitrogen and oxygen atoms in total. The third-order valence-corrected chi connectivity index (χ3v) is 7.54. The average Bonchev–Trinajstić information content (AvgIpc) is 3.47. The average molecular weight is 542 g/mol. The van der Waals surface area contributed by atoms with E-state index in [1.54, 1.807) is 11.5 Å². The minimum absolute atomic E-state index is 0.000744. The summed E-state index contributed by atoms with van der Waals surface area (Å²) in [5.74, 6) is -1.21. The second-order valence-electron chi connectivity index (χ2n) is 9.63. The summed E-state index contributed by atoms with van der Waals surface area (Å²) >= 11 is 6.67. The van der Waals surface area contributed by atoms with E-state index in [1.807, 2.05) is 40.7 Å². The van der Waals surface area contributed by atoms with Crippen molar-refractivity contribution in [1.29, 1.82) is 0 Å². The van der Waals surface area contributed by atoms with Gasteiger partial charge in [-0.25, -0.2) is 14.2 Å². The predicted octanol–water partition coefficient (Wildman–Crippen LogP) is 3.40. The van der Waals surface area contributed by atoms with Crippen LogP contribution >= 0.6 is 11.6 Å². The summed E-state index contributed by atoms with van der Waals surface area (Å²) in [7, 11) is 0. The van der Waals surface area contributed by atoms with Crippen LogP contribution in [-0.2, 0) is 13.1 Å². The molecule has 3 heterocycles. The number of aromatic carboxylic acids is 1. The first-order valence-corrected chi connectivity index (χ1v) is 12.9. The molecule has 0 saturated carbocycles. The van der Waals surface area contributed by atoms with Gasteiger partial charge in [-0.1, -0.05) is 23.7 Å². The van der Waals surface area contributed by atoms with Crippen LogP contribution in [0.25, 0.3) is 21.9 Å². The largest absolute Gasteiger partial charge is 0.477 e. The summed E-state index contributed by atoms with van der Waals surface area (Å²) in [6.07, 6.45) is 1.32. The Balaban J connectivity index is 1.32. The number of nitrogens with one attached hydrogen (secondary N) is 1. The zero-order chi connectivity index (χ0) is 27.1. The molecule has 5 rings (SSSR count). The zero-order valence-electron chi connectivity index (χ0n) is 21.1. The number of carbonyl (C=O) groups is 1. The highest BCUT2D eigenvalue weighted by molar-refractivity contribution is 6.38. The number of hydrogen-bond donors (Lipinski definition) is 3. The smallest absolute Gasteiger partial charge is 0.341 e. The molecule has 1 aliphatic heterocycles. The van der Waals surface area contributed by atoms with Gasteiger partial charge in [0, 0.05) is 38.4 Å². The summed E-state index contributed by atoms with van der Waals surface area (Å²) in [5, 5.41) is 23.5. The Morgan fingerprint density at radius 1 is 1.34 bits per heavy atom. The summed E-state index contributed by atoms with van der Waals surface area (Å²) in [4.78, 5) is 30.6. The molecular formula is C27H29ClFN5O4. The minimum atomic E-state index is -1.37. The van der Waals surface area contributed by atoms with Crippen LogP contribution in [0.4, 0.5) is 10.1 Å². The number of anilines is 1. The fourth-order valence-electron chi connectivity index (χ4n) is 5.30. The number of nitrogens with zero attached hydrogens (tertiary/aromatic N) is 4. The van der Waals surface area contributed by atoms with Crippen molar-refractivity contribution in [1.82, 2.24) is 19.4 Å². The number of aromatic nitrogens is 3. The van der Waals surface area contributed by atoms with Crippen LogP contribution in [0.5, 0.6) is 0 Å². The second kappa shape index (κ2) is 10.4. The summed E-state index contributed by atoms with van der Waals surface area (Å²) in [5.41, 5.74) is 1.17. The number of carboxylic acids is 1. The molecule has 3 N–H and O–H groups in total. The van der Waals surface area contributed by atoms with Crippen LogP contribution < -0.4 is 15.6 Å². The highest BCUT2D eigenvalue weighted by atomic mass is 35.5. The number of aryl methyl sites for hydroxylation is 2. The van der Waals surface area contributed by atoms with Gasteiger partial charge in [-0.2, -0.15) is 0 Å². The van der Waals surface area contributed by atoms with Crippen molar-refractivity contribution in [2.75, 3.05) is 24.5 Å². The number of aliphatic hydroxyl groups is 1. The molecule has 0 radical (unpaired) electrons. The van der Waals surface area contributed by atoms with E-state index in [0.29, 0.717) is 44.7 Å². The van der Waals surface area contributed by atoms with Crippen LogP contribution in [0, 0.1) is 12.7 Å². The molecule has 2 aromatic carbocycles. The molecule has 38 heavy (non-hydrogen) atoms.